The van der Waals surface area contributed by atoms with E-state index in [1.54, 1.807) is 0 Å². The van der Waals surface area contributed by atoms with Crippen molar-refractivity contribution >= 4 is 14.3 Å². The van der Waals surface area contributed by atoms with Gasteiger partial charge >= 0.3 is 5.97 Å². The van der Waals surface area contributed by atoms with Crippen molar-refractivity contribution in [2.75, 3.05) is 13.7 Å². The highest BCUT2D eigenvalue weighted by atomic mass is 28.4. The molecule has 0 aromatic heterocycles. The van der Waals surface area contributed by atoms with E-state index in [1.807, 2.05) is 0 Å². The number of carbonyl (C=O) groups excluding carboxylic acids is 1. The summed E-state index contributed by atoms with van der Waals surface area (Å²) in [5.41, 5.74) is -0.0613. The van der Waals surface area contributed by atoms with Crippen LogP contribution in [0, 0.1) is 11.3 Å². The van der Waals surface area contributed by atoms with Crippen molar-refractivity contribution in [1.82, 2.24) is 0 Å². The molecular formula is C18H36O4Si. The Labute approximate surface area is 143 Å². The lowest BCUT2D eigenvalue weighted by molar-refractivity contribution is -0.142. The molecule has 0 radical (unpaired) electrons. The summed E-state index contributed by atoms with van der Waals surface area (Å²) in [4.78, 5) is 11.5. The molecular weight excluding hydrogens is 308 g/mol. The molecule has 0 amide bonds. The molecule has 5 heteroatoms. The Morgan fingerprint density at radius 2 is 1.96 bits per heavy atom. The van der Waals surface area contributed by atoms with Crippen LogP contribution in [0.15, 0.2) is 0 Å². The monoisotopic (exact) mass is 344 g/mol. The quantitative estimate of drug-likeness (QED) is 0.581. The van der Waals surface area contributed by atoms with Crippen molar-refractivity contribution in [2.45, 2.75) is 84.0 Å². The highest BCUT2D eigenvalue weighted by Crippen LogP contribution is 2.48. The van der Waals surface area contributed by atoms with Gasteiger partial charge in [-0.2, -0.15) is 0 Å². The summed E-state index contributed by atoms with van der Waals surface area (Å²) in [6.07, 6.45) is 4.39. The largest absolute Gasteiger partial charge is 0.469 e. The molecule has 3 atom stereocenters. The van der Waals surface area contributed by atoms with Gasteiger partial charge in [0.25, 0.3) is 0 Å². The molecule has 1 saturated carbocycles. The average Bonchev–Trinajstić information content (AvgIpc) is 2.43. The summed E-state index contributed by atoms with van der Waals surface area (Å²) < 4.78 is 11.4. The summed E-state index contributed by atoms with van der Waals surface area (Å²) in [5.74, 6) is -0.0783. The van der Waals surface area contributed by atoms with Crippen LogP contribution in [-0.4, -0.2) is 39.2 Å². The second kappa shape index (κ2) is 7.66. The SMILES string of the molecule is COC(=O)CC[C@]1(C)CCC[C@@H](O[Si](C)(C)C(C)(C)C)[C@H]1CO. The maximum Gasteiger partial charge on any atom is 0.305 e. The first-order valence-corrected chi connectivity index (χ1v) is 11.7. The Hall–Kier alpha value is -0.393. The molecule has 0 unspecified atom stereocenters. The fourth-order valence-electron chi connectivity index (χ4n) is 3.38. The number of rotatable bonds is 6. The van der Waals surface area contributed by atoms with Crippen LogP contribution in [0.1, 0.15) is 59.8 Å². The van der Waals surface area contributed by atoms with Gasteiger partial charge in [0, 0.05) is 18.9 Å². The zero-order valence-electron chi connectivity index (χ0n) is 16.1. The minimum absolute atomic E-state index is 0.0613. The average molecular weight is 345 g/mol. The molecule has 0 spiro atoms. The van der Waals surface area contributed by atoms with Crippen molar-refractivity contribution < 1.29 is 19.1 Å². The van der Waals surface area contributed by atoms with Crippen LogP contribution in [0.3, 0.4) is 0 Å². The van der Waals surface area contributed by atoms with Gasteiger partial charge in [-0.1, -0.05) is 34.1 Å². The number of carbonyl (C=O) groups is 1. The Balaban J connectivity index is 2.87. The van der Waals surface area contributed by atoms with Crippen LogP contribution in [0.25, 0.3) is 0 Å². The summed E-state index contributed by atoms with van der Waals surface area (Å²) in [7, 11) is -0.438. The van der Waals surface area contributed by atoms with Crippen LogP contribution in [0.5, 0.6) is 0 Å². The number of aliphatic hydroxyl groups is 1. The minimum atomic E-state index is -1.87. The van der Waals surface area contributed by atoms with E-state index in [4.69, 9.17) is 9.16 Å². The number of hydrogen-bond acceptors (Lipinski definition) is 4. The van der Waals surface area contributed by atoms with Crippen molar-refractivity contribution in [2.24, 2.45) is 11.3 Å². The molecule has 4 nitrogen and oxygen atoms in total. The second-order valence-electron chi connectivity index (χ2n) is 8.83. The van der Waals surface area contributed by atoms with Gasteiger partial charge in [0.2, 0.25) is 0 Å². The van der Waals surface area contributed by atoms with Crippen LogP contribution in [0.2, 0.25) is 18.1 Å². The van der Waals surface area contributed by atoms with E-state index in [-0.39, 0.29) is 35.1 Å². The predicted octanol–water partition coefficient (Wildman–Crippen LogP) is 4.13. The van der Waals surface area contributed by atoms with Crippen LogP contribution in [0.4, 0.5) is 0 Å². The zero-order valence-corrected chi connectivity index (χ0v) is 17.1. The van der Waals surface area contributed by atoms with E-state index >= 15 is 0 Å². The first-order valence-electron chi connectivity index (χ1n) is 8.82. The first kappa shape index (κ1) is 20.7. The van der Waals surface area contributed by atoms with Crippen LogP contribution >= 0.6 is 0 Å². The van der Waals surface area contributed by atoms with E-state index in [0.717, 1.165) is 25.7 Å². The Morgan fingerprint density at radius 3 is 2.43 bits per heavy atom. The molecule has 1 N–H and O–H groups in total. The van der Waals surface area contributed by atoms with Gasteiger partial charge in [0.15, 0.2) is 8.32 Å². The highest BCUT2D eigenvalue weighted by molar-refractivity contribution is 6.74. The van der Waals surface area contributed by atoms with Gasteiger partial charge in [0.1, 0.15) is 0 Å². The Kier molecular flexibility index (Phi) is 6.88. The number of aliphatic hydroxyl groups excluding tert-OH is 1. The molecule has 0 heterocycles. The topological polar surface area (TPSA) is 55.8 Å². The Morgan fingerprint density at radius 1 is 1.35 bits per heavy atom. The van der Waals surface area contributed by atoms with Gasteiger partial charge in [0.05, 0.1) is 13.2 Å². The lowest BCUT2D eigenvalue weighted by Gasteiger charge is -2.49. The van der Waals surface area contributed by atoms with Gasteiger partial charge in [-0.05, 0) is 42.8 Å². The smallest absolute Gasteiger partial charge is 0.305 e. The third kappa shape index (κ3) is 5.04. The maximum absolute atomic E-state index is 11.5. The first-order chi connectivity index (χ1) is 10.5. The van der Waals surface area contributed by atoms with Gasteiger partial charge in [-0.15, -0.1) is 0 Å². The number of methoxy groups -OCH3 is 1. The zero-order chi connectivity index (χ0) is 17.9. The number of esters is 1. The molecule has 23 heavy (non-hydrogen) atoms. The molecule has 0 aromatic rings. The summed E-state index contributed by atoms with van der Waals surface area (Å²) >= 11 is 0. The summed E-state index contributed by atoms with van der Waals surface area (Å²) in [6, 6.07) is 0. The highest BCUT2D eigenvalue weighted by Gasteiger charge is 2.47. The molecule has 0 saturated heterocycles. The van der Waals surface area contributed by atoms with Crippen molar-refractivity contribution in [3.63, 3.8) is 0 Å². The standard InChI is InChI=1S/C18H36O4Si/c1-17(2,3)23(6,7)22-15-9-8-11-18(4,14(15)13-19)12-10-16(20)21-5/h14-15,19H,8-13H2,1-7H3/t14-,15-,18+/m1/s1. The molecule has 1 aliphatic rings. The fourth-order valence-corrected chi connectivity index (χ4v) is 4.77. The van der Waals surface area contributed by atoms with Gasteiger partial charge in [-0.3, -0.25) is 4.79 Å². The van der Waals surface area contributed by atoms with Crippen molar-refractivity contribution in [3.8, 4) is 0 Å². The lowest BCUT2D eigenvalue weighted by Crippen LogP contribution is -2.51. The molecule has 1 rings (SSSR count). The normalized spacial score (nSPS) is 29.4. The minimum Gasteiger partial charge on any atom is -0.469 e. The Bertz CT molecular complexity index is 402. The third-order valence-corrected chi connectivity index (χ3v) is 10.7. The predicted molar refractivity (Wildman–Crippen MR) is 95.9 cm³/mol. The van der Waals surface area contributed by atoms with E-state index in [1.165, 1.54) is 7.11 Å². The third-order valence-electron chi connectivity index (χ3n) is 6.16. The van der Waals surface area contributed by atoms with Gasteiger partial charge in [-0.25, -0.2) is 0 Å². The van der Waals surface area contributed by atoms with Crippen molar-refractivity contribution in [1.29, 1.82) is 0 Å². The molecule has 0 bridgehead atoms. The fraction of sp³-hybridized carbons (Fsp3) is 0.944. The second-order valence-corrected chi connectivity index (χ2v) is 13.6. The summed E-state index contributed by atoms with van der Waals surface area (Å²) in [5, 5.41) is 10.2. The number of ether oxygens (including phenoxy) is 1. The van der Waals surface area contributed by atoms with E-state index in [0.29, 0.717) is 6.42 Å². The molecule has 1 fully saturated rings. The van der Waals surface area contributed by atoms with Crippen LogP contribution in [-0.2, 0) is 14.0 Å². The molecule has 136 valence electrons. The van der Waals surface area contributed by atoms with E-state index in [2.05, 4.69) is 40.8 Å². The van der Waals surface area contributed by atoms with Crippen LogP contribution < -0.4 is 0 Å². The number of hydrogen-bond donors (Lipinski definition) is 1. The molecule has 0 aromatic carbocycles. The van der Waals surface area contributed by atoms with Crippen molar-refractivity contribution in [3.05, 3.63) is 0 Å². The molecule has 1 aliphatic carbocycles. The maximum atomic E-state index is 11.5. The van der Waals surface area contributed by atoms with E-state index < -0.39 is 8.32 Å². The molecule has 0 aliphatic heterocycles. The lowest BCUT2D eigenvalue weighted by atomic mass is 9.64. The summed E-state index contributed by atoms with van der Waals surface area (Å²) in [6.45, 7) is 13.6. The van der Waals surface area contributed by atoms with E-state index in [9.17, 15) is 9.90 Å². The van der Waals surface area contributed by atoms with Gasteiger partial charge < -0.3 is 14.3 Å².